The van der Waals surface area contributed by atoms with E-state index in [1.165, 1.54) is 6.07 Å². The van der Waals surface area contributed by atoms with E-state index in [2.05, 4.69) is 10.3 Å². The maximum atomic E-state index is 13.8. The molecule has 0 amide bonds. The Morgan fingerprint density at radius 1 is 1.30 bits per heavy atom. The quantitative estimate of drug-likeness (QED) is 0.793. The van der Waals surface area contributed by atoms with Crippen LogP contribution in [0.3, 0.4) is 0 Å². The number of rotatable bonds is 3. The number of anilines is 1. The van der Waals surface area contributed by atoms with Gasteiger partial charge in [-0.3, -0.25) is 4.40 Å². The molecule has 0 aliphatic heterocycles. The van der Waals surface area contributed by atoms with Gasteiger partial charge in [-0.15, -0.1) is 0 Å². The molecule has 0 saturated heterocycles. The van der Waals surface area contributed by atoms with E-state index < -0.39 is 0 Å². The van der Waals surface area contributed by atoms with Crippen LogP contribution in [0, 0.1) is 17.1 Å². The van der Waals surface area contributed by atoms with Crippen LogP contribution in [0.25, 0.3) is 5.65 Å². The molecule has 1 N–H and O–H groups in total. The molecule has 2 heterocycles. The van der Waals surface area contributed by atoms with Crippen LogP contribution < -0.4 is 5.32 Å². The fraction of sp³-hybridized carbons (Fsp3) is 0.0667. The summed E-state index contributed by atoms with van der Waals surface area (Å²) >= 11 is 0. The summed E-state index contributed by atoms with van der Waals surface area (Å²) in [5, 5.41) is 11.9. The molecule has 1 aromatic carbocycles. The summed E-state index contributed by atoms with van der Waals surface area (Å²) in [6.45, 7) is 0.342. The average molecular weight is 266 g/mol. The first-order valence-electron chi connectivity index (χ1n) is 6.12. The van der Waals surface area contributed by atoms with E-state index in [1.54, 1.807) is 18.3 Å². The second kappa shape index (κ2) is 5.02. The van der Waals surface area contributed by atoms with Gasteiger partial charge in [0.2, 0.25) is 0 Å². The highest BCUT2D eigenvalue weighted by Crippen LogP contribution is 2.15. The summed E-state index contributed by atoms with van der Waals surface area (Å²) < 4.78 is 15.7. The standard InChI is InChI=1S/C15H11FN4/c16-13-8-11(9-17)4-5-12(13)10-19-15-3-1-2-14-18-6-7-20(14)15/h1-8,19H,10H2. The van der Waals surface area contributed by atoms with Gasteiger partial charge in [0.25, 0.3) is 0 Å². The van der Waals surface area contributed by atoms with Crippen molar-refractivity contribution in [1.82, 2.24) is 9.38 Å². The van der Waals surface area contributed by atoms with Gasteiger partial charge in [0.05, 0.1) is 11.6 Å². The predicted octanol–water partition coefficient (Wildman–Crippen LogP) is 2.96. The lowest BCUT2D eigenvalue weighted by Gasteiger charge is -2.09. The summed E-state index contributed by atoms with van der Waals surface area (Å²) in [5.41, 5.74) is 1.67. The highest BCUT2D eigenvalue weighted by Gasteiger charge is 2.05. The topological polar surface area (TPSA) is 53.1 Å². The summed E-state index contributed by atoms with van der Waals surface area (Å²) in [4.78, 5) is 4.19. The number of nitriles is 1. The highest BCUT2D eigenvalue weighted by atomic mass is 19.1. The van der Waals surface area contributed by atoms with Crippen LogP contribution in [-0.4, -0.2) is 9.38 Å². The van der Waals surface area contributed by atoms with Crippen molar-refractivity contribution in [3.8, 4) is 6.07 Å². The van der Waals surface area contributed by atoms with Crippen molar-refractivity contribution in [2.45, 2.75) is 6.54 Å². The fourth-order valence-corrected chi connectivity index (χ4v) is 2.04. The number of hydrogen-bond donors (Lipinski definition) is 1. The lowest BCUT2D eigenvalue weighted by Crippen LogP contribution is -2.05. The lowest BCUT2D eigenvalue weighted by molar-refractivity contribution is 0.612. The van der Waals surface area contributed by atoms with Gasteiger partial charge in [0.15, 0.2) is 0 Å². The molecule has 0 bridgehead atoms. The molecule has 3 aromatic rings. The smallest absolute Gasteiger partial charge is 0.138 e. The second-order valence-electron chi connectivity index (χ2n) is 4.34. The summed E-state index contributed by atoms with van der Waals surface area (Å²) in [5.74, 6) is 0.457. The number of benzene rings is 1. The van der Waals surface area contributed by atoms with Crippen molar-refractivity contribution in [2.75, 3.05) is 5.32 Å². The third-order valence-corrected chi connectivity index (χ3v) is 3.07. The molecular formula is C15H11FN4. The fourth-order valence-electron chi connectivity index (χ4n) is 2.04. The molecule has 0 unspecified atom stereocenters. The van der Waals surface area contributed by atoms with Gasteiger partial charge in [0.1, 0.15) is 17.3 Å². The van der Waals surface area contributed by atoms with Gasteiger partial charge in [-0.05, 0) is 24.3 Å². The van der Waals surface area contributed by atoms with E-state index in [9.17, 15) is 4.39 Å². The van der Waals surface area contributed by atoms with Gasteiger partial charge in [-0.2, -0.15) is 5.26 Å². The first-order valence-corrected chi connectivity index (χ1v) is 6.12. The van der Waals surface area contributed by atoms with E-state index in [4.69, 9.17) is 5.26 Å². The molecule has 0 radical (unpaired) electrons. The number of nitrogens with one attached hydrogen (secondary N) is 1. The number of aromatic nitrogens is 2. The van der Waals surface area contributed by atoms with E-state index in [1.807, 2.05) is 34.9 Å². The maximum absolute atomic E-state index is 13.8. The van der Waals surface area contributed by atoms with Crippen LogP contribution in [0.5, 0.6) is 0 Å². The molecule has 0 atom stereocenters. The molecule has 4 nitrogen and oxygen atoms in total. The third-order valence-electron chi connectivity index (χ3n) is 3.07. The minimum Gasteiger partial charge on any atom is -0.367 e. The zero-order valence-corrected chi connectivity index (χ0v) is 10.5. The predicted molar refractivity (Wildman–Crippen MR) is 73.6 cm³/mol. The minimum atomic E-state index is -0.380. The van der Waals surface area contributed by atoms with E-state index in [0.29, 0.717) is 17.7 Å². The number of nitrogens with zero attached hydrogens (tertiary/aromatic N) is 3. The number of pyridine rings is 1. The Balaban J connectivity index is 1.83. The largest absolute Gasteiger partial charge is 0.367 e. The number of halogens is 1. The molecule has 0 fully saturated rings. The molecule has 0 saturated carbocycles. The lowest BCUT2D eigenvalue weighted by atomic mass is 10.1. The summed E-state index contributed by atoms with van der Waals surface area (Å²) in [6.07, 6.45) is 3.55. The Bertz CT molecular complexity index is 801. The highest BCUT2D eigenvalue weighted by molar-refractivity contribution is 5.50. The van der Waals surface area contributed by atoms with Crippen LogP contribution in [0.15, 0.2) is 48.8 Å². The molecule has 3 rings (SSSR count). The van der Waals surface area contributed by atoms with Crippen molar-refractivity contribution in [3.63, 3.8) is 0 Å². The zero-order chi connectivity index (χ0) is 13.9. The Labute approximate surface area is 115 Å². The van der Waals surface area contributed by atoms with Crippen molar-refractivity contribution < 1.29 is 4.39 Å². The number of imidazole rings is 1. The molecular weight excluding hydrogens is 255 g/mol. The Kier molecular flexibility index (Phi) is 3.05. The SMILES string of the molecule is N#Cc1ccc(CNc2cccc3nccn23)c(F)c1. The van der Waals surface area contributed by atoms with Gasteiger partial charge in [-0.1, -0.05) is 12.1 Å². The molecule has 98 valence electrons. The minimum absolute atomic E-state index is 0.322. The van der Waals surface area contributed by atoms with Crippen LogP contribution in [-0.2, 0) is 6.54 Å². The first kappa shape index (κ1) is 12.2. The zero-order valence-electron chi connectivity index (χ0n) is 10.5. The maximum Gasteiger partial charge on any atom is 0.138 e. The summed E-state index contributed by atoms with van der Waals surface area (Å²) in [7, 11) is 0. The Hall–Kier alpha value is -2.87. The molecule has 20 heavy (non-hydrogen) atoms. The monoisotopic (exact) mass is 266 g/mol. The van der Waals surface area contributed by atoms with Crippen LogP contribution in [0.1, 0.15) is 11.1 Å². The molecule has 2 aromatic heterocycles. The molecule has 5 heteroatoms. The van der Waals surface area contributed by atoms with Gasteiger partial charge < -0.3 is 5.32 Å². The third kappa shape index (κ3) is 2.19. The number of fused-ring (bicyclic) bond motifs is 1. The van der Waals surface area contributed by atoms with E-state index in [-0.39, 0.29) is 5.82 Å². The normalized spacial score (nSPS) is 10.4. The first-order chi connectivity index (χ1) is 9.78. The van der Waals surface area contributed by atoms with Gasteiger partial charge >= 0.3 is 0 Å². The van der Waals surface area contributed by atoms with Crippen molar-refractivity contribution in [2.24, 2.45) is 0 Å². The van der Waals surface area contributed by atoms with Gasteiger partial charge in [-0.25, -0.2) is 9.37 Å². The van der Waals surface area contributed by atoms with Crippen molar-refractivity contribution in [1.29, 1.82) is 5.26 Å². The van der Waals surface area contributed by atoms with Crippen molar-refractivity contribution >= 4 is 11.5 Å². The van der Waals surface area contributed by atoms with Crippen LogP contribution in [0.2, 0.25) is 0 Å². The Morgan fingerprint density at radius 2 is 2.20 bits per heavy atom. The molecule has 0 spiro atoms. The number of hydrogen-bond acceptors (Lipinski definition) is 3. The van der Waals surface area contributed by atoms with Gasteiger partial charge in [0, 0.05) is 24.5 Å². The van der Waals surface area contributed by atoms with E-state index >= 15 is 0 Å². The molecule has 0 aliphatic carbocycles. The van der Waals surface area contributed by atoms with Crippen LogP contribution >= 0.6 is 0 Å². The van der Waals surface area contributed by atoms with Crippen molar-refractivity contribution in [3.05, 3.63) is 65.7 Å². The second-order valence-corrected chi connectivity index (χ2v) is 4.34. The average Bonchev–Trinajstić information content (AvgIpc) is 2.95. The molecule has 0 aliphatic rings. The van der Waals surface area contributed by atoms with Crippen LogP contribution in [0.4, 0.5) is 10.2 Å². The summed E-state index contributed by atoms with van der Waals surface area (Å²) in [6, 6.07) is 12.1. The van der Waals surface area contributed by atoms with E-state index in [0.717, 1.165) is 11.5 Å². The Morgan fingerprint density at radius 3 is 3.00 bits per heavy atom.